The van der Waals surface area contributed by atoms with Crippen LogP contribution in [0, 0.1) is 28.5 Å². The molecule has 0 saturated carbocycles. The maximum absolute atomic E-state index is 13.4. The standard InChI is InChI=1S/C11H6ClFN2/c1-7(8(5-14)6-15)11-9(12)3-2-4-10(11)13/h2-4H,1H3. The number of hydrogen-bond donors (Lipinski definition) is 0. The van der Waals surface area contributed by atoms with Gasteiger partial charge < -0.3 is 0 Å². The molecule has 1 rings (SSSR count). The molecule has 0 heterocycles. The topological polar surface area (TPSA) is 47.6 Å². The van der Waals surface area contributed by atoms with Crippen LogP contribution in [0.25, 0.3) is 5.57 Å². The van der Waals surface area contributed by atoms with Crippen molar-refractivity contribution in [3.05, 3.63) is 40.2 Å². The zero-order chi connectivity index (χ0) is 11.4. The minimum Gasteiger partial charge on any atom is -0.206 e. The Kier molecular flexibility index (Phi) is 3.44. The van der Waals surface area contributed by atoms with Crippen LogP contribution in [0.3, 0.4) is 0 Å². The highest BCUT2D eigenvalue weighted by molar-refractivity contribution is 6.32. The van der Waals surface area contributed by atoms with Crippen LogP contribution in [0.2, 0.25) is 5.02 Å². The third kappa shape index (κ3) is 2.15. The Bertz CT molecular complexity index is 470. The van der Waals surface area contributed by atoms with Crippen molar-refractivity contribution in [1.82, 2.24) is 0 Å². The Morgan fingerprint density at radius 3 is 2.40 bits per heavy atom. The lowest BCUT2D eigenvalue weighted by molar-refractivity contribution is 0.624. The molecule has 15 heavy (non-hydrogen) atoms. The lowest BCUT2D eigenvalue weighted by Crippen LogP contribution is -1.91. The second-order valence-electron chi connectivity index (χ2n) is 2.82. The first kappa shape index (κ1) is 11.2. The molecule has 74 valence electrons. The number of nitrogens with zero attached hydrogens (tertiary/aromatic N) is 2. The van der Waals surface area contributed by atoms with Gasteiger partial charge in [-0.05, 0) is 24.6 Å². The Morgan fingerprint density at radius 2 is 1.93 bits per heavy atom. The van der Waals surface area contributed by atoms with Crippen LogP contribution in [0.4, 0.5) is 4.39 Å². The largest absolute Gasteiger partial charge is 0.206 e. The zero-order valence-corrected chi connectivity index (χ0v) is 8.64. The van der Waals surface area contributed by atoms with Gasteiger partial charge in [0.1, 0.15) is 23.5 Å². The molecule has 4 heteroatoms. The van der Waals surface area contributed by atoms with Crippen LogP contribution >= 0.6 is 11.6 Å². The van der Waals surface area contributed by atoms with E-state index in [1.54, 1.807) is 12.1 Å². The van der Waals surface area contributed by atoms with Crippen LogP contribution in [0.1, 0.15) is 12.5 Å². The van der Waals surface area contributed by atoms with Gasteiger partial charge in [0.2, 0.25) is 0 Å². The average molecular weight is 221 g/mol. The summed E-state index contributed by atoms with van der Waals surface area (Å²) in [6.07, 6.45) is 0. The third-order valence-corrected chi connectivity index (χ3v) is 2.25. The lowest BCUT2D eigenvalue weighted by Gasteiger charge is -2.05. The van der Waals surface area contributed by atoms with E-state index in [-0.39, 0.29) is 21.7 Å². The number of benzene rings is 1. The van der Waals surface area contributed by atoms with Crippen LogP contribution in [-0.2, 0) is 0 Å². The molecule has 0 saturated heterocycles. The molecule has 0 aliphatic heterocycles. The van der Waals surface area contributed by atoms with Gasteiger partial charge >= 0.3 is 0 Å². The van der Waals surface area contributed by atoms with Gasteiger partial charge in [0.15, 0.2) is 0 Å². The van der Waals surface area contributed by atoms with E-state index in [4.69, 9.17) is 22.1 Å². The van der Waals surface area contributed by atoms with E-state index in [1.165, 1.54) is 25.1 Å². The molecule has 0 amide bonds. The number of halogens is 2. The number of allylic oxidation sites excluding steroid dienone is 2. The van der Waals surface area contributed by atoms with E-state index in [2.05, 4.69) is 0 Å². The Hall–Kier alpha value is -1.84. The van der Waals surface area contributed by atoms with Crippen molar-refractivity contribution < 1.29 is 4.39 Å². The summed E-state index contributed by atoms with van der Waals surface area (Å²) in [6.45, 7) is 1.49. The van der Waals surface area contributed by atoms with E-state index in [0.29, 0.717) is 0 Å². The first-order chi connectivity index (χ1) is 7.11. The molecule has 1 aromatic rings. The van der Waals surface area contributed by atoms with Gasteiger partial charge in [-0.1, -0.05) is 17.7 Å². The first-order valence-corrected chi connectivity index (χ1v) is 4.45. The predicted molar refractivity (Wildman–Crippen MR) is 55.2 cm³/mol. The molecule has 2 nitrogen and oxygen atoms in total. The van der Waals surface area contributed by atoms with E-state index in [0.717, 1.165) is 0 Å². The van der Waals surface area contributed by atoms with Gasteiger partial charge in [0.05, 0.1) is 5.02 Å². The van der Waals surface area contributed by atoms with Crippen LogP contribution in [0.5, 0.6) is 0 Å². The average Bonchev–Trinajstić information content (AvgIpc) is 2.19. The Balaban J connectivity index is 3.50. The second kappa shape index (κ2) is 4.59. The zero-order valence-electron chi connectivity index (χ0n) is 7.88. The maximum atomic E-state index is 13.4. The number of nitriles is 2. The van der Waals surface area contributed by atoms with Gasteiger partial charge in [-0.25, -0.2) is 4.39 Å². The fourth-order valence-electron chi connectivity index (χ4n) is 1.17. The minimum absolute atomic E-state index is 0.109. The molecule has 0 aromatic heterocycles. The lowest BCUT2D eigenvalue weighted by atomic mass is 10.0. The van der Waals surface area contributed by atoms with Crippen molar-refractivity contribution in [2.24, 2.45) is 0 Å². The van der Waals surface area contributed by atoms with Gasteiger partial charge in [-0.3, -0.25) is 0 Å². The molecule has 0 aliphatic rings. The highest BCUT2D eigenvalue weighted by Gasteiger charge is 2.12. The summed E-state index contributed by atoms with van der Waals surface area (Å²) in [7, 11) is 0. The van der Waals surface area contributed by atoms with Crippen LogP contribution in [-0.4, -0.2) is 0 Å². The molecule has 0 unspecified atom stereocenters. The molecular formula is C11H6ClFN2. The summed E-state index contributed by atoms with van der Waals surface area (Å²) in [5.74, 6) is -0.539. The molecule has 0 atom stereocenters. The summed E-state index contributed by atoms with van der Waals surface area (Å²) in [5.41, 5.74) is 0.224. The van der Waals surface area contributed by atoms with Crippen molar-refractivity contribution in [2.45, 2.75) is 6.92 Å². The Labute approximate surface area is 91.8 Å². The SMILES string of the molecule is CC(=C(C#N)C#N)c1c(F)cccc1Cl. The molecule has 0 bridgehead atoms. The fraction of sp³-hybridized carbons (Fsp3) is 0.0909. The van der Waals surface area contributed by atoms with Crippen molar-refractivity contribution in [3.8, 4) is 12.1 Å². The highest BCUT2D eigenvalue weighted by Crippen LogP contribution is 2.28. The van der Waals surface area contributed by atoms with Crippen molar-refractivity contribution in [1.29, 1.82) is 10.5 Å². The molecule has 0 fully saturated rings. The third-order valence-electron chi connectivity index (χ3n) is 1.94. The van der Waals surface area contributed by atoms with Gasteiger partial charge in [0.25, 0.3) is 0 Å². The fourth-order valence-corrected chi connectivity index (χ4v) is 1.48. The maximum Gasteiger partial charge on any atom is 0.133 e. The van der Waals surface area contributed by atoms with E-state index >= 15 is 0 Å². The summed E-state index contributed by atoms with van der Waals surface area (Å²) >= 11 is 5.79. The Morgan fingerprint density at radius 1 is 1.33 bits per heavy atom. The molecule has 0 radical (unpaired) electrons. The van der Waals surface area contributed by atoms with Crippen molar-refractivity contribution in [2.75, 3.05) is 0 Å². The summed E-state index contributed by atoms with van der Waals surface area (Å²) in [6, 6.07) is 7.60. The summed E-state index contributed by atoms with van der Waals surface area (Å²) in [4.78, 5) is 0. The molecular weight excluding hydrogens is 215 g/mol. The van der Waals surface area contributed by atoms with E-state index in [9.17, 15) is 4.39 Å². The van der Waals surface area contributed by atoms with Crippen molar-refractivity contribution in [3.63, 3.8) is 0 Å². The molecule has 0 spiro atoms. The monoisotopic (exact) mass is 220 g/mol. The summed E-state index contributed by atoms with van der Waals surface area (Å²) < 4.78 is 13.4. The van der Waals surface area contributed by atoms with Gasteiger partial charge in [-0.15, -0.1) is 0 Å². The normalized spacial score (nSPS) is 8.87. The molecule has 0 N–H and O–H groups in total. The highest BCUT2D eigenvalue weighted by atomic mass is 35.5. The summed E-state index contributed by atoms with van der Waals surface area (Å²) in [5, 5.41) is 17.5. The molecule has 1 aromatic carbocycles. The number of hydrogen-bond acceptors (Lipinski definition) is 2. The van der Waals surface area contributed by atoms with Crippen molar-refractivity contribution >= 4 is 17.2 Å². The second-order valence-corrected chi connectivity index (χ2v) is 3.23. The smallest absolute Gasteiger partial charge is 0.133 e. The number of rotatable bonds is 1. The predicted octanol–water partition coefficient (Wildman–Crippen LogP) is 3.30. The molecule has 0 aliphatic carbocycles. The van der Waals surface area contributed by atoms with Gasteiger partial charge in [0, 0.05) is 5.56 Å². The quantitative estimate of drug-likeness (QED) is 0.682. The van der Waals surface area contributed by atoms with E-state index in [1.807, 2.05) is 0 Å². The van der Waals surface area contributed by atoms with Gasteiger partial charge in [-0.2, -0.15) is 10.5 Å². The first-order valence-electron chi connectivity index (χ1n) is 4.07. The van der Waals surface area contributed by atoms with Crippen LogP contribution in [0.15, 0.2) is 23.8 Å². The minimum atomic E-state index is -0.539. The van der Waals surface area contributed by atoms with Crippen LogP contribution < -0.4 is 0 Å². The van der Waals surface area contributed by atoms with E-state index < -0.39 is 5.82 Å².